The Hall–Kier alpha value is -2.09. The number of unbranched alkanes of at least 4 members (excludes halogenated alkanes) is 23. The number of nitrogens with one attached hydrogen (secondary N) is 2. The third-order valence-electron chi connectivity index (χ3n) is 13.2. The van der Waals surface area contributed by atoms with Crippen molar-refractivity contribution < 1.29 is 19.1 Å². The van der Waals surface area contributed by atoms with Gasteiger partial charge in [-0.15, -0.1) is 0 Å². The molecule has 0 fully saturated rings. The third kappa shape index (κ3) is 34.0. The number of hydrogen-bond donors (Lipinski definition) is 2. The summed E-state index contributed by atoms with van der Waals surface area (Å²) in [5.74, 6) is 0.0316. The number of rotatable bonds is 48. The fourth-order valence-corrected chi connectivity index (χ4v) is 9.11. The van der Waals surface area contributed by atoms with Crippen molar-refractivity contribution in [1.82, 2.24) is 15.5 Å². The van der Waals surface area contributed by atoms with E-state index in [-0.39, 0.29) is 30.2 Å². The topological polar surface area (TPSA) is 92.3 Å². The molecule has 8 nitrogen and oxygen atoms in total. The molecule has 2 unspecified atom stereocenters. The predicted octanol–water partition coefficient (Wildman–Crippen LogP) is 15.1. The van der Waals surface area contributed by atoms with Crippen LogP contribution in [0.2, 0.25) is 0 Å². The maximum Gasteiger partial charge on any atom is 0.306 e. The van der Waals surface area contributed by atoms with Crippen molar-refractivity contribution in [3.05, 3.63) is 11.4 Å². The van der Waals surface area contributed by atoms with Gasteiger partial charge in [0.15, 0.2) is 0 Å². The van der Waals surface area contributed by atoms with Gasteiger partial charge >= 0.3 is 11.9 Å². The van der Waals surface area contributed by atoms with Crippen LogP contribution in [0.25, 0.3) is 0 Å². The minimum Gasteiger partial charge on any atom is -0.462 e. The van der Waals surface area contributed by atoms with E-state index in [4.69, 9.17) is 14.5 Å². The Morgan fingerprint density at radius 2 is 0.952 bits per heavy atom. The monoisotopic (exact) mass is 887 g/mol. The normalized spacial score (nSPS) is 14.3. The minimum absolute atomic E-state index is 0.00107. The Morgan fingerprint density at radius 1 is 0.540 bits per heavy atom. The fourth-order valence-electron chi connectivity index (χ4n) is 9.11. The Bertz CT molecular complexity index is 1100. The second kappa shape index (κ2) is 43.8. The van der Waals surface area contributed by atoms with Crippen molar-refractivity contribution in [2.24, 2.45) is 4.99 Å². The largest absolute Gasteiger partial charge is 0.462 e. The van der Waals surface area contributed by atoms with Crippen molar-refractivity contribution in [3.63, 3.8) is 0 Å². The number of allylic oxidation sites excluding steroid dienone is 1. The summed E-state index contributed by atoms with van der Waals surface area (Å²) in [6, 6.07) is 0.264. The molecule has 1 heterocycles. The highest BCUT2D eigenvalue weighted by molar-refractivity contribution is 5.82. The zero-order chi connectivity index (χ0) is 45.9. The van der Waals surface area contributed by atoms with Gasteiger partial charge in [0, 0.05) is 32.6 Å². The van der Waals surface area contributed by atoms with Gasteiger partial charge in [0.1, 0.15) is 12.2 Å². The van der Waals surface area contributed by atoms with Gasteiger partial charge in [-0.1, -0.05) is 176 Å². The molecule has 0 aromatic rings. The lowest BCUT2D eigenvalue weighted by Crippen LogP contribution is -2.30. The van der Waals surface area contributed by atoms with Crippen molar-refractivity contribution >= 4 is 18.2 Å². The molecule has 0 aliphatic carbocycles. The maximum atomic E-state index is 12.9. The van der Waals surface area contributed by atoms with Gasteiger partial charge < -0.3 is 25.0 Å². The van der Waals surface area contributed by atoms with E-state index in [9.17, 15) is 9.59 Å². The first-order valence-corrected chi connectivity index (χ1v) is 27.7. The molecule has 1 aliphatic heterocycles. The van der Waals surface area contributed by atoms with E-state index in [1.807, 2.05) is 13.3 Å². The molecule has 8 heteroatoms. The van der Waals surface area contributed by atoms with Crippen molar-refractivity contribution in [1.29, 1.82) is 0 Å². The molecule has 0 spiro atoms. The molecule has 0 aromatic carbocycles. The lowest BCUT2D eigenvalue weighted by atomic mass is 10.0. The smallest absolute Gasteiger partial charge is 0.306 e. The van der Waals surface area contributed by atoms with Gasteiger partial charge in [-0.2, -0.15) is 0 Å². The molecule has 0 saturated carbocycles. The molecule has 0 radical (unpaired) electrons. The lowest BCUT2D eigenvalue weighted by Gasteiger charge is -2.23. The number of carbonyl (C=O) groups is 2. The Morgan fingerprint density at radius 3 is 1.41 bits per heavy atom. The third-order valence-corrected chi connectivity index (χ3v) is 13.2. The highest BCUT2D eigenvalue weighted by Crippen LogP contribution is 2.20. The van der Waals surface area contributed by atoms with E-state index >= 15 is 0 Å². The molecule has 0 bridgehead atoms. The first-order valence-electron chi connectivity index (χ1n) is 27.7. The zero-order valence-corrected chi connectivity index (χ0v) is 42.8. The second-order valence-corrected chi connectivity index (χ2v) is 19.1. The van der Waals surface area contributed by atoms with Crippen LogP contribution < -0.4 is 10.6 Å². The number of nitrogens with zero attached hydrogens (tertiary/aromatic N) is 2. The first-order chi connectivity index (χ1) is 30.9. The molecule has 1 rings (SSSR count). The van der Waals surface area contributed by atoms with Gasteiger partial charge in [-0.25, -0.2) is 0 Å². The Balaban J connectivity index is 2.46. The molecule has 63 heavy (non-hydrogen) atoms. The summed E-state index contributed by atoms with van der Waals surface area (Å²) >= 11 is 0. The van der Waals surface area contributed by atoms with Gasteiger partial charge in [0.2, 0.25) is 0 Å². The van der Waals surface area contributed by atoms with E-state index in [0.29, 0.717) is 12.8 Å². The van der Waals surface area contributed by atoms with Crippen LogP contribution in [0.1, 0.15) is 272 Å². The van der Waals surface area contributed by atoms with Crippen molar-refractivity contribution in [2.75, 3.05) is 33.2 Å². The summed E-state index contributed by atoms with van der Waals surface area (Å²) in [7, 11) is 2.01. The minimum atomic E-state index is 0.00107. The van der Waals surface area contributed by atoms with Gasteiger partial charge in [0.05, 0.1) is 17.4 Å². The van der Waals surface area contributed by atoms with E-state index in [1.165, 1.54) is 160 Å². The van der Waals surface area contributed by atoms with E-state index in [2.05, 4.69) is 50.2 Å². The number of likely N-dealkylation sites (N-methyl/N-ethyl adjacent to an activating group) is 1. The summed E-state index contributed by atoms with van der Waals surface area (Å²) in [6.07, 6.45) is 45.1. The van der Waals surface area contributed by atoms with Crippen LogP contribution >= 0.6 is 0 Å². The van der Waals surface area contributed by atoms with E-state index < -0.39 is 0 Å². The number of aliphatic imine (C=N–C) groups is 1. The summed E-state index contributed by atoms with van der Waals surface area (Å²) in [6.45, 7) is 15.5. The summed E-state index contributed by atoms with van der Waals surface area (Å²) < 4.78 is 12.0. The van der Waals surface area contributed by atoms with Crippen LogP contribution in [0.3, 0.4) is 0 Å². The van der Waals surface area contributed by atoms with Crippen LogP contribution in [0, 0.1) is 0 Å². The predicted molar refractivity (Wildman–Crippen MR) is 272 cm³/mol. The molecule has 370 valence electrons. The van der Waals surface area contributed by atoms with Crippen LogP contribution in [-0.2, 0) is 19.1 Å². The summed E-state index contributed by atoms with van der Waals surface area (Å²) in [5.41, 5.74) is 2.39. The Kier molecular flexibility index (Phi) is 41.0. The number of carbonyl (C=O) groups excluding carboxylic acids is 2. The van der Waals surface area contributed by atoms with Crippen LogP contribution in [0.5, 0.6) is 0 Å². The zero-order valence-electron chi connectivity index (χ0n) is 42.8. The van der Waals surface area contributed by atoms with Gasteiger partial charge in [-0.05, 0) is 103 Å². The first kappa shape index (κ1) is 58.9. The van der Waals surface area contributed by atoms with E-state index in [1.54, 1.807) is 0 Å². The number of ether oxygens (including phenoxy) is 2. The van der Waals surface area contributed by atoms with Gasteiger partial charge in [0.25, 0.3) is 0 Å². The maximum absolute atomic E-state index is 12.9. The van der Waals surface area contributed by atoms with Crippen LogP contribution in [0.15, 0.2) is 16.4 Å². The van der Waals surface area contributed by atoms with Crippen molar-refractivity contribution in [2.45, 2.75) is 290 Å². The molecule has 0 amide bonds. The average Bonchev–Trinajstić information content (AvgIpc) is 3.67. The highest BCUT2D eigenvalue weighted by atomic mass is 16.5. The molecule has 1 aliphatic rings. The molecular formula is C55H106N4O4. The average molecular weight is 887 g/mol. The van der Waals surface area contributed by atoms with Crippen LogP contribution in [0.4, 0.5) is 0 Å². The Labute approximate surface area is 391 Å². The van der Waals surface area contributed by atoms with Gasteiger partial charge in [-0.3, -0.25) is 14.6 Å². The molecule has 2 atom stereocenters. The number of esters is 2. The molecule has 2 N–H and O–H groups in total. The quantitative estimate of drug-likeness (QED) is 0.0464. The van der Waals surface area contributed by atoms with E-state index in [0.717, 1.165) is 103 Å². The molecular weight excluding hydrogens is 781 g/mol. The summed E-state index contributed by atoms with van der Waals surface area (Å²) in [5, 5.41) is 7.08. The molecule has 0 aromatic heterocycles. The highest BCUT2D eigenvalue weighted by Gasteiger charge is 2.20. The second-order valence-electron chi connectivity index (χ2n) is 19.1. The van der Waals surface area contributed by atoms with Crippen LogP contribution in [-0.4, -0.2) is 74.5 Å². The SMILES string of the molecule is CCCCCCCCC(CC)OC(=O)CCCCCCCN(CCCCCCCC(=O)OC(CCCCCCCC)CCCCCCCC)CCCNC1=C(NC)C(CCC)N=C1. The lowest BCUT2D eigenvalue weighted by molar-refractivity contribution is -0.150. The summed E-state index contributed by atoms with van der Waals surface area (Å²) in [4.78, 5) is 32.9. The molecule has 0 saturated heterocycles. The van der Waals surface area contributed by atoms with Crippen molar-refractivity contribution in [3.8, 4) is 0 Å². The fraction of sp³-hybridized carbons (Fsp3) is 0.909. The standard InChI is InChI=1S/C55H106N4O4/c1-7-12-15-18-23-30-39-49(11-5)62-53(60)42-33-26-21-28-35-45-59(47-37-44-57-52-48-58-51(38-10-4)55(52)56-6)46-36-29-22-27-34-43-54(61)63-50(40-31-24-19-16-13-8-2)41-32-25-20-17-14-9-3/h48-51,56-57H,7-47H2,1-6H3. The number of hydrogen-bond acceptors (Lipinski definition) is 8.